The molecule has 0 heterocycles. The minimum atomic E-state index is -4.41. The van der Waals surface area contributed by atoms with E-state index in [1.807, 2.05) is 0 Å². The number of alkyl halides is 3. The zero-order chi connectivity index (χ0) is 18.4. The van der Waals surface area contributed by atoms with E-state index in [1.54, 1.807) is 6.07 Å². The third-order valence-corrected chi connectivity index (χ3v) is 4.22. The zero-order valence-corrected chi connectivity index (χ0v) is 14.0. The molecule has 2 rings (SSSR count). The van der Waals surface area contributed by atoms with Crippen molar-refractivity contribution in [2.75, 3.05) is 18.2 Å². The Morgan fingerprint density at radius 2 is 1.84 bits per heavy atom. The first-order valence-corrected chi connectivity index (χ1v) is 8.32. The van der Waals surface area contributed by atoms with Crippen LogP contribution in [0.25, 0.3) is 0 Å². The van der Waals surface area contributed by atoms with Gasteiger partial charge in [-0.25, -0.2) is 4.39 Å². The molecule has 0 unspecified atom stereocenters. The Morgan fingerprint density at radius 1 is 1.16 bits per heavy atom. The monoisotopic (exact) mass is 373 g/mol. The quantitative estimate of drug-likeness (QED) is 0.745. The van der Waals surface area contributed by atoms with Gasteiger partial charge >= 0.3 is 6.18 Å². The van der Waals surface area contributed by atoms with Crippen molar-refractivity contribution in [2.45, 2.75) is 11.9 Å². The number of benzene rings is 2. The van der Waals surface area contributed by atoms with E-state index in [1.165, 1.54) is 43.1 Å². The number of ether oxygens (including phenoxy) is 1. The van der Waals surface area contributed by atoms with E-state index in [2.05, 4.69) is 5.32 Å². The van der Waals surface area contributed by atoms with Crippen LogP contribution in [-0.2, 0) is 16.7 Å². The van der Waals surface area contributed by atoms with Crippen LogP contribution in [0.1, 0.15) is 11.1 Å². The molecule has 0 aromatic heterocycles. The van der Waals surface area contributed by atoms with Crippen LogP contribution >= 0.6 is 11.8 Å². The highest BCUT2D eigenvalue weighted by Crippen LogP contribution is 2.29. The Balaban J connectivity index is 1.82. The summed E-state index contributed by atoms with van der Waals surface area (Å²) in [6, 6.07) is 8.75. The molecule has 0 saturated carbocycles. The predicted molar refractivity (Wildman–Crippen MR) is 89.2 cm³/mol. The van der Waals surface area contributed by atoms with E-state index >= 15 is 0 Å². The molecule has 25 heavy (non-hydrogen) atoms. The third-order valence-electron chi connectivity index (χ3n) is 3.21. The smallest absolute Gasteiger partial charge is 0.416 e. The van der Waals surface area contributed by atoms with Crippen LogP contribution in [-0.4, -0.2) is 18.8 Å². The highest BCUT2D eigenvalue weighted by Gasteiger charge is 2.29. The molecule has 0 aliphatic rings. The molecule has 2 aromatic carbocycles. The van der Waals surface area contributed by atoms with Gasteiger partial charge in [-0.05, 0) is 42.0 Å². The highest BCUT2D eigenvalue weighted by molar-refractivity contribution is 7.99. The van der Waals surface area contributed by atoms with Crippen LogP contribution in [0.3, 0.4) is 0 Å². The Bertz CT molecular complexity index is 732. The lowest BCUT2D eigenvalue weighted by molar-refractivity contribution is -0.137. The number of hydrogen-bond acceptors (Lipinski definition) is 3. The molecule has 134 valence electrons. The number of methoxy groups -OCH3 is 1. The normalized spacial score (nSPS) is 11.2. The maximum atomic E-state index is 13.5. The predicted octanol–water partition coefficient (Wildman–Crippen LogP) is 4.73. The first-order valence-electron chi connectivity index (χ1n) is 7.17. The van der Waals surface area contributed by atoms with Crippen molar-refractivity contribution < 1.29 is 27.1 Å². The minimum Gasteiger partial charge on any atom is -0.494 e. The number of carbonyl (C=O) groups excluding carboxylic acids is 1. The number of halogens is 4. The van der Waals surface area contributed by atoms with Crippen molar-refractivity contribution >= 4 is 23.4 Å². The van der Waals surface area contributed by atoms with Crippen molar-refractivity contribution in [2.24, 2.45) is 0 Å². The molecule has 0 atom stereocenters. The number of anilines is 1. The van der Waals surface area contributed by atoms with Gasteiger partial charge in [0.1, 0.15) is 0 Å². The molecular weight excluding hydrogens is 358 g/mol. The SMILES string of the molecule is COc1ccc(CSCC(=O)Nc2ccc(C(F)(F)F)cc2)cc1F. The molecule has 0 saturated heterocycles. The van der Waals surface area contributed by atoms with Crippen molar-refractivity contribution in [3.05, 3.63) is 59.4 Å². The molecule has 8 heteroatoms. The summed E-state index contributed by atoms with van der Waals surface area (Å²) < 4.78 is 55.8. The summed E-state index contributed by atoms with van der Waals surface area (Å²) in [5, 5.41) is 2.52. The molecule has 0 aliphatic heterocycles. The number of hydrogen-bond donors (Lipinski definition) is 1. The van der Waals surface area contributed by atoms with Crippen LogP contribution in [0, 0.1) is 5.82 Å². The molecule has 0 bridgehead atoms. The fourth-order valence-corrected chi connectivity index (χ4v) is 2.78. The van der Waals surface area contributed by atoms with Crippen molar-refractivity contribution in [1.29, 1.82) is 0 Å². The van der Waals surface area contributed by atoms with E-state index in [4.69, 9.17) is 4.74 Å². The van der Waals surface area contributed by atoms with E-state index in [0.29, 0.717) is 11.3 Å². The number of carbonyl (C=O) groups is 1. The fraction of sp³-hybridized carbons (Fsp3) is 0.235. The molecule has 0 fully saturated rings. The lowest BCUT2D eigenvalue weighted by atomic mass is 10.2. The molecule has 2 aromatic rings. The second kappa shape index (κ2) is 8.24. The van der Waals surface area contributed by atoms with Crippen LogP contribution in [0.2, 0.25) is 0 Å². The summed E-state index contributed by atoms with van der Waals surface area (Å²) in [5.41, 5.74) is 0.209. The number of amides is 1. The van der Waals surface area contributed by atoms with Gasteiger partial charge in [-0.3, -0.25) is 4.79 Å². The lowest BCUT2D eigenvalue weighted by Crippen LogP contribution is -2.14. The van der Waals surface area contributed by atoms with Crippen LogP contribution in [0.5, 0.6) is 5.75 Å². The minimum absolute atomic E-state index is 0.0919. The van der Waals surface area contributed by atoms with E-state index in [0.717, 1.165) is 12.1 Å². The second-order valence-electron chi connectivity index (χ2n) is 5.08. The average molecular weight is 373 g/mol. The second-order valence-corrected chi connectivity index (χ2v) is 6.07. The van der Waals surface area contributed by atoms with E-state index in [9.17, 15) is 22.4 Å². The van der Waals surface area contributed by atoms with E-state index in [-0.39, 0.29) is 23.1 Å². The van der Waals surface area contributed by atoms with Gasteiger partial charge in [0.25, 0.3) is 0 Å². The van der Waals surface area contributed by atoms with Crippen molar-refractivity contribution in [3.8, 4) is 5.75 Å². The van der Waals surface area contributed by atoms with Gasteiger partial charge in [-0.15, -0.1) is 11.8 Å². The Kier molecular flexibility index (Phi) is 6.30. The average Bonchev–Trinajstić information content (AvgIpc) is 2.54. The summed E-state index contributed by atoms with van der Waals surface area (Å²) in [6.45, 7) is 0. The molecule has 0 spiro atoms. The maximum absolute atomic E-state index is 13.5. The highest BCUT2D eigenvalue weighted by atomic mass is 32.2. The van der Waals surface area contributed by atoms with Crippen LogP contribution < -0.4 is 10.1 Å². The Labute approximate surface area is 146 Å². The first kappa shape index (κ1) is 19.1. The van der Waals surface area contributed by atoms with Crippen molar-refractivity contribution in [1.82, 2.24) is 0 Å². The van der Waals surface area contributed by atoms with Crippen LogP contribution in [0.15, 0.2) is 42.5 Å². The number of thioether (sulfide) groups is 1. The Hall–Kier alpha value is -2.22. The number of rotatable bonds is 6. The molecule has 1 N–H and O–H groups in total. The molecule has 1 amide bonds. The summed E-state index contributed by atoms with van der Waals surface area (Å²) in [5.74, 6) is -0.168. The summed E-state index contributed by atoms with van der Waals surface area (Å²) in [6.07, 6.45) is -4.41. The van der Waals surface area contributed by atoms with E-state index < -0.39 is 17.6 Å². The number of nitrogens with one attached hydrogen (secondary N) is 1. The van der Waals surface area contributed by atoms with Gasteiger partial charge in [0.2, 0.25) is 5.91 Å². The molecule has 3 nitrogen and oxygen atoms in total. The topological polar surface area (TPSA) is 38.3 Å². The summed E-state index contributed by atoms with van der Waals surface area (Å²) in [7, 11) is 1.37. The zero-order valence-electron chi connectivity index (χ0n) is 13.2. The van der Waals surface area contributed by atoms with Gasteiger partial charge in [-0.2, -0.15) is 13.2 Å². The molecule has 0 aliphatic carbocycles. The molecule has 0 radical (unpaired) electrons. The fourth-order valence-electron chi connectivity index (χ4n) is 2.00. The largest absolute Gasteiger partial charge is 0.494 e. The van der Waals surface area contributed by atoms with Gasteiger partial charge in [0, 0.05) is 11.4 Å². The van der Waals surface area contributed by atoms with Gasteiger partial charge in [-0.1, -0.05) is 6.07 Å². The lowest BCUT2D eigenvalue weighted by Gasteiger charge is -2.09. The first-order chi connectivity index (χ1) is 11.8. The summed E-state index contributed by atoms with van der Waals surface area (Å²) >= 11 is 1.26. The Morgan fingerprint density at radius 3 is 2.40 bits per heavy atom. The van der Waals surface area contributed by atoms with Gasteiger partial charge in [0.05, 0.1) is 18.4 Å². The standard InChI is InChI=1S/C17H15F4NO2S/c1-24-15-7-2-11(8-14(15)18)9-25-10-16(23)22-13-5-3-12(4-6-13)17(19,20)21/h2-8H,9-10H2,1H3,(H,22,23). The summed E-state index contributed by atoms with van der Waals surface area (Å²) in [4.78, 5) is 11.8. The van der Waals surface area contributed by atoms with Crippen molar-refractivity contribution in [3.63, 3.8) is 0 Å². The molecular formula is C17H15F4NO2S. The van der Waals surface area contributed by atoms with Gasteiger partial charge in [0.15, 0.2) is 11.6 Å². The van der Waals surface area contributed by atoms with Gasteiger partial charge < -0.3 is 10.1 Å². The third kappa shape index (κ3) is 5.67. The maximum Gasteiger partial charge on any atom is 0.416 e. The van der Waals surface area contributed by atoms with Crippen LogP contribution in [0.4, 0.5) is 23.2 Å².